The van der Waals surface area contributed by atoms with Crippen LogP contribution in [0, 0.1) is 5.92 Å². The van der Waals surface area contributed by atoms with Crippen molar-refractivity contribution in [1.82, 2.24) is 9.88 Å². The summed E-state index contributed by atoms with van der Waals surface area (Å²) in [6, 6.07) is 3.06. The van der Waals surface area contributed by atoms with Crippen LogP contribution < -0.4 is 11.3 Å². The Morgan fingerprint density at radius 3 is 2.89 bits per heavy atom. The van der Waals surface area contributed by atoms with Crippen LogP contribution in [0.25, 0.3) is 0 Å². The molecular weight excluding hydrogens is 242 g/mol. The molecule has 1 fully saturated rings. The molecular formula is C14H21N3O2. The van der Waals surface area contributed by atoms with Gasteiger partial charge in [0.1, 0.15) is 0 Å². The van der Waals surface area contributed by atoms with Gasteiger partial charge >= 0.3 is 0 Å². The van der Waals surface area contributed by atoms with Crippen LogP contribution in [0.3, 0.4) is 0 Å². The van der Waals surface area contributed by atoms with Crippen molar-refractivity contribution in [2.75, 3.05) is 13.1 Å². The standard InChI is InChI=1S/C14H21N3O2/c1-2-10-5-6-17(12(7-10)8-15)14(19)11-3-4-13(18)16-9-11/h3-4,9-10,12H,2,5-8,15H2,1H3,(H,16,18). The maximum absolute atomic E-state index is 12.4. The van der Waals surface area contributed by atoms with E-state index in [9.17, 15) is 9.59 Å². The fraction of sp³-hybridized carbons (Fsp3) is 0.571. The quantitative estimate of drug-likeness (QED) is 0.852. The largest absolute Gasteiger partial charge is 0.334 e. The number of carbonyl (C=O) groups is 1. The lowest BCUT2D eigenvalue weighted by molar-refractivity contribution is 0.0558. The highest BCUT2D eigenvalue weighted by Gasteiger charge is 2.30. The number of nitrogens with zero attached hydrogens (tertiary/aromatic N) is 1. The lowest BCUT2D eigenvalue weighted by Crippen LogP contribution is -2.49. The number of aromatic amines is 1. The van der Waals surface area contributed by atoms with E-state index in [1.807, 2.05) is 4.90 Å². The second-order valence-electron chi connectivity index (χ2n) is 5.13. The summed E-state index contributed by atoms with van der Waals surface area (Å²) in [6.45, 7) is 3.42. The molecule has 19 heavy (non-hydrogen) atoms. The van der Waals surface area contributed by atoms with E-state index in [1.165, 1.54) is 12.3 Å². The summed E-state index contributed by atoms with van der Waals surface area (Å²) < 4.78 is 0. The molecule has 2 atom stereocenters. The number of pyridine rings is 1. The highest BCUT2D eigenvalue weighted by molar-refractivity contribution is 5.94. The van der Waals surface area contributed by atoms with Crippen molar-refractivity contribution in [2.45, 2.75) is 32.2 Å². The fourth-order valence-electron chi connectivity index (χ4n) is 2.71. The van der Waals surface area contributed by atoms with Gasteiger partial charge in [-0.1, -0.05) is 13.3 Å². The van der Waals surface area contributed by atoms with Gasteiger partial charge in [-0.25, -0.2) is 0 Å². The van der Waals surface area contributed by atoms with Gasteiger partial charge in [0.2, 0.25) is 5.56 Å². The first-order valence-electron chi connectivity index (χ1n) is 6.85. The number of H-pyrrole nitrogens is 1. The predicted molar refractivity (Wildman–Crippen MR) is 74.0 cm³/mol. The van der Waals surface area contributed by atoms with E-state index in [4.69, 9.17) is 5.73 Å². The number of hydrogen-bond donors (Lipinski definition) is 2. The van der Waals surface area contributed by atoms with Crippen molar-refractivity contribution in [2.24, 2.45) is 11.7 Å². The molecule has 1 aromatic heterocycles. The zero-order valence-electron chi connectivity index (χ0n) is 11.3. The van der Waals surface area contributed by atoms with Gasteiger partial charge in [0.05, 0.1) is 5.56 Å². The first-order chi connectivity index (χ1) is 9.15. The molecule has 1 aliphatic heterocycles. The molecule has 3 N–H and O–H groups in total. The summed E-state index contributed by atoms with van der Waals surface area (Å²) >= 11 is 0. The number of carbonyl (C=O) groups excluding carboxylic acids is 1. The molecule has 5 heteroatoms. The van der Waals surface area contributed by atoms with Crippen molar-refractivity contribution >= 4 is 5.91 Å². The first kappa shape index (κ1) is 13.8. The van der Waals surface area contributed by atoms with E-state index >= 15 is 0 Å². The molecule has 2 unspecified atom stereocenters. The Bertz CT molecular complexity index is 477. The fourth-order valence-corrected chi connectivity index (χ4v) is 2.71. The van der Waals surface area contributed by atoms with E-state index in [-0.39, 0.29) is 17.5 Å². The van der Waals surface area contributed by atoms with Gasteiger partial charge in [-0.05, 0) is 24.8 Å². The number of nitrogens with two attached hydrogens (primary N) is 1. The molecule has 0 saturated carbocycles. The maximum Gasteiger partial charge on any atom is 0.255 e. The van der Waals surface area contributed by atoms with Crippen LogP contribution in [0.2, 0.25) is 0 Å². The molecule has 104 valence electrons. The second-order valence-corrected chi connectivity index (χ2v) is 5.13. The molecule has 5 nitrogen and oxygen atoms in total. The minimum absolute atomic E-state index is 0.0405. The Labute approximate surface area is 112 Å². The monoisotopic (exact) mass is 263 g/mol. The lowest BCUT2D eigenvalue weighted by atomic mass is 9.88. The van der Waals surface area contributed by atoms with Gasteiger partial charge < -0.3 is 15.6 Å². The van der Waals surface area contributed by atoms with Crippen LogP contribution in [-0.4, -0.2) is 34.9 Å². The van der Waals surface area contributed by atoms with E-state index in [0.29, 0.717) is 18.0 Å². The van der Waals surface area contributed by atoms with Crippen LogP contribution in [0.15, 0.2) is 23.1 Å². The van der Waals surface area contributed by atoms with E-state index in [1.54, 1.807) is 6.07 Å². The Kier molecular flexibility index (Phi) is 4.37. The Morgan fingerprint density at radius 1 is 1.53 bits per heavy atom. The number of amides is 1. The maximum atomic E-state index is 12.4. The lowest BCUT2D eigenvalue weighted by Gasteiger charge is -2.38. The molecule has 0 bridgehead atoms. The summed E-state index contributed by atoms with van der Waals surface area (Å²) in [6.07, 6.45) is 4.62. The third-order valence-electron chi connectivity index (χ3n) is 3.97. The number of aromatic nitrogens is 1. The van der Waals surface area contributed by atoms with Gasteiger partial charge in [-0.2, -0.15) is 0 Å². The smallest absolute Gasteiger partial charge is 0.255 e. The Balaban J connectivity index is 2.13. The third kappa shape index (κ3) is 3.04. The SMILES string of the molecule is CCC1CCN(C(=O)c2ccc(=O)[nH]c2)C(CN)C1. The van der Waals surface area contributed by atoms with Gasteiger partial charge in [0.15, 0.2) is 0 Å². The van der Waals surface area contributed by atoms with Crippen LogP contribution >= 0.6 is 0 Å². The van der Waals surface area contributed by atoms with E-state index < -0.39 is 0 Å². The summed E-state index contributed by atoms with van der Waals surface area (Å²) in [5.74, 6) is 0.620. The third-order valence-corrected chi connectivity index (χ3v) is 3.97. The van der Waals surface area contributed by atoms with Crippen molar-refractivity contribution < 1.29 is 4.79 Å². The molecule has 1 saturated heterocycles. The zero-order valence-corrected chi connectivity index (χ0v) is 11.3. The average molecular weight is 263 g/mol. The predicted octanol–water partition coefficient (Wildman–Crippen LogP) is 0.964. The minimum atomic E-state index is -0.198. The zero-order chi connectivity index (χ0) is 13.8. The molecule has 0 aliphatic carbocycles. The van der Waals surface area contributed by atoms with Gasteiger partial charge in [0.25, 0.3) is 5.91 Å². The highest BCUT2D eigenvalue weighted by Crippen LogP contribution is 2.25. The normalized spacial score (nSPS) is 23.4. The van der Waals surface area contributed by atoms with Crippen molar-refractivity contribution in [3.63, 3.8) is 0 Å². The molecule has 2 rings (SSSR count). The van der Waals surface area contributed by atoms with E-state index in [0.717, 1.165) is 25.8 Å². The second kappa shape index (κ2) is 6.02. The molecule has 0 radical (unpaired) electrons. The van der Waals surface area contributed by atoms with Crippen molar-refractivity contribution in [3.8, 4) is 0 Å². The van der Waals surface area contributed by atoms with Crippen LogP contribution in [0.5, 0.6) is 0 Å². The van der Waals surface area contributed by atoms with Crippen LogP contribution in [-0.2, 0) is 0 Å². The van der Waals surface area contributed by atoms with Gasteiger partial charge in [-0.3, -0.25) is 9.59 Å². The van der Waals surface area contributed by atoms with Crippen LogP contribution in [0.1, 0.15) is 36.5 Å². The molecule has 0 spiro atoms. The highest BCUT2D eigenvalue weighted by atomic mass is 16.2. The van der Waals surface area contributed by atoms with Crippen LogP contribution in [0.4, 0.5) is 0 Å². The summed E-state index contributed by atoms with van der Waals surface area (Å²) in [5, 5.41) is 0. The number of likely N-dealkylation sites (tertiary alicyclic amines) is 1. The van der Waals surface area contributed by atoms with E-state index in [2.05, 4.69) is 11.9 Å². The summed E-state index contributed by atoms with van der Waals surface area (Å²) in [7, 11) is 0. The average Bonchev–Trinajstić information content (AvgIpc) is 2.46. The van der Waals surface area contributed by atoms with Gasteiger partial charge in [0, 0.05) is 31.4 Å². The first-order valence-corrected chi connectivity index (χ1v) is 6.85. The topological polar surface area (TPSA) is 79.2 Å². The Hall–Kier alpha value is -1.62. The molecule has 1 amide bonds. The number of hydrogen-bond acceptors (Lipinski definition) is 3. The van der Waals surface area contributed by atoms with Crippen molar-refractivity contribution in [1.29, 1.82) is 0 Å². The number of nitrogens with one attached hydrogen (secondary N) is 1. The number of piperidine rings is 1. The van der Waals surface area contributed by atoms with Crippen molar-refractivity contribution in [3.05, 3.63) is 34.2 Å². The summed E-state index contributed by atoms with van der Waals surface area (Å²) in [4.78, 5) is 27.8. The molecule has 2 heterocycles. The van der Waals surface area contributed by atoms with Gasteiger partial charge in [-0.15, -0.1) is 0 Å². The minimum Gasteiger partial charge on any atom is -0.334 e. The Morgan fingerprint density at radius 2 is 2.32 bits per heavy atom. The molecule has 1 aromatic rings. The number of rotatable bonds is 3. The molecule has 1 aliphatic rings. The molecule has 0 aromatic carbocycles. The summed E-state index contributed by atoms with van der Waals surface area (Å²) in [5.41, 5.74) is 6.12.